The number of hydrogen-bond acceptors (Lipinski definition) is 4. The summed E-state index contributed by atoms with van der Waals surface area (Å²) in [4.78, 5) is 54.3. The van der Waals surface area contributed by atoms with Crippen molar-refractivity contribution in [2.75, 3.05) is 36.0 Å². The Labute approximate surface area is 231 Å². The lowest BCUT2D eigenvalue weighted by atomic mass is 9.92. The normalized spacial score (nSPS) is 19.5. The zero-order valence-corrected chi connectivity index (χ0v) is 23.5. The van der Waals surface area contributed by atoms with E-state index in [1.807, 2.05) is 62.4 Å². The van der Waals surface area contributed by atoms with Gasteiger partial charge in [-0.2, -0.15) is 0 Å². The van der Waals surface area contributed by atoms with Gasteiger partial charge in [-0.05, 0) is 53.6 Å². The standard InChI is InChI=1S/C31H40N4O4/c1-5-21-7-11-25(12-8-21)34-17-23(15-27(34)36)29(38)32-19-31(3,4)20-33-30(39)24-16-28(37)35(18-24)26-13-9-22(6-2)10-14-26/h7-14,23-24H,5-6,15-20H2,1-4H3,(H,32,38)(H,33,39)/t23-,24+. The van der Waals surface area contributed by atoms with E-state index < -0.39 is 17.3 Å². The van der Waals surface area contributed by atoms with Crippen molar-refractivity contribution in [1.82, 2.24) is 10.6 Å². The summed E-state index contributed by atoms with van der Waals surface area (Å²) in [5.41, 5.74) is 3.64. The van der Waals surface area contributed by atoms with Crippen molar-refractivity contribution in [2.24, 2.45) is 17.3 Å². The minimum Gasteiger partial charge on any atom is -0.355 e. The highest BCUT2D eigenvalue weighted by Crippen LogP contribution is 2.27. The SMILES string of the molecule is CCc1ccc(N2C[C@H](C(=O)NCC(C)(C)CNC(=O)[C@H]3CC(=O)N(c4ccc(CC)cc4)C3)CC2=O)cc1. The van der Waals surface area contributed by atoms with E-state index in [4.69, 9.17) is 0 Å². The fraction of sp³-hybridized carbons (Fsp3) is 0.484. The lowest BCUT2D eigenvalue weighted by Gasteiger charge is -2.27. The van der Waals surface area contributed by atoms with Crippen molar-refractivity contribution in [3.63, 3.8) is 0 Å². The first-order valence-electron chi connectivity index (χ1n) is 13.9. The molecule has 8 heteroatoms. The highest BCUT2D eigenvalue weighted by Gasteiger charge is 2.37. The molecule has 0 bridgehead atoms. The van der Waals surface area contributed by atoms with Crippen molar-refractivity contribution in [1.29, 1.82) is 0 Å². The zero-order chi connectivity index (χ0) is 28.2. The van der Waals surface area contributed by atoms with Crippen LogP contribution >= 0.6 is 0 Å². The number of anilines is 2. The van der Waals surface area contributed by atoms with Crippen LogP contribution in [0.15, 0.2) is 48.5 Å². The highest BCUT2D eigenvalue weighted by molar-refractivity contribution is 6.01. The third kappa shape index (κ3) is 6.85. The number of hydrogen-bond donors (Lipinski definition) is 2. The van der Waals surface area contributed by atoms with Crippen molar-refractivity contribution < 1.29 is 19.2 Å². The van der Waals surface area contributed by atoms with Gasteiger partial charge in [0.05, 0.1) is 11.8 Å². The maximum atomic E-state index is 12.9. The Bertz CT molecular complexity index is 1110. The van der Waals surface area contributed by atoms with E-state index in [0.717, 1.165) is 24.2 Å². The van der Waals surface area contributed by atoms with Crippen LogP contribution in [-0.2, 0) is 32.0 Å². The van der Waals surface area contributed by atoms with Crippen LogP contribution in [-0.4, -0.2) is 49.8 Å². The van der Waals surface area contributed by atoms with Gasteiger partial charge in [0, 0.05) is 50.4 Å². The second-order valence-corrected chi connectivity index (χ2v) is 11.5. The van der Waals surface area contributed by atoms with E-state index in [-0.39, 0.29) is 36.5 Å². The van der Waals surface area contributed by atoms with E-state index in [1.54, 1.807) is 9.80 Å². The molecule has 2 aromatic rings. The minimum atomic E-state index is -0.407. The van der Waals surface area contributed by atoms with E-state index in [2.05, 4.69) is 24.5 Å². The molecule has 2 saturated heterocycles. The summed E-state index contributed by atoms with van der Waals surface area (Å²) in [6.07, 6.45) is 2.23. The molecule has 4 rings (SSSR count). The number of rotatable bonds is 10. The topological polar surface area (TPSA) is 98.8 Å². The van der Waals surface area contributed by atoms with Crippen LogP contribution in [0.4, 0.5) is 11.4 Å². The maximum Gasteiger partial charge on any atom is 0.227 e. The summed E-state index contributed by atoms with van der Waals surface area (Å²) in [5, 5.41) is 5.96. The van der Waals surface area contributed by atoms with Crippen LogP contribution in [0.2, 0.25) is 0 Å². The number of nitrogens with one attached hydrogen (secondary N) is 2. The Morgan fingerprint density at radius 2 is 1.08 bits per heavy atom. The number of benzene rings is 2. The van der Waals surface area contributed by atoms with E-state index in [9.17, 15) is 19.2 Å². The maximum absolute atomic E-state index is 12.9. The second-order valence-electron chi connectivity index (χ2n) is 11.5. The smallest absolute Gasteiger partial charge is 0.227 e. The number of carbonyl (C=O) groups excluding carboxylic acids is 4. The molecular formula is C31H40N4O4. The predicted molar refractivity (Wildman–Crippen MR) is 152 cm³/mol. The molecule has 0 aromatic heterocycles. The molecule has 2 atom stereocenters. The fourth-order valence-corrected chi connectivity index (χ4v) is 5.09. The third-order valence-corrected chi connectivity index (χ3v) is 7.79. The Morgan fingerprint density at radius 1 is 0.718 bits per heavy atom. The molecule has 2 fully saturated rings. The summed E-state index contributed by atoms with van der Waals surface area (Å²) in [6.45, 7) is 9.55. The van der Waals surface area contributed by atoms with Crippen LogP contribution < -0.4 is 20.4 Å². The molecule has 2 N–H and O–H groups in total. The minimum absolute atomic E-state index is 0.0487. The Hall–Kier alpha value is -3.68. The van der Waals surface area contributed by atoms with Crippen molar-refractivity contribution in [3.05, 3.63) is 59.7 Å². The quantitative estimate of drug-likeness (QED) is 0.490. The van der Waals surface area contributed by atoms with Gasteiger partial charge in [-0.1, -0.05) is 52.0 Å². The molecular weight excluding hydrogens is 492 g/mol. The van der Waals surface area contributed by atoms with Crippen LogP contribution in [0.3, 0.4) is 0 Å². The van der Waals surface area contributed by atoms with Gasteiger partial charge in [0.1, 0.15) is 0 Å². The molecule has 2 aliphatic heterocycles. The lowest BCUT2D eigenvalue weighted by molar-refractivity contribution is -0.127. The first-order valence-corrected chi connectivity index (χ1v) is 13.9. The van der Waals surface area contributed by atoms with Gasteiger partial charge >= 0.3 is 0 Å². The third-order valence-electron chi connectivity index (χ3n) is 7.79. The van der Waals surface area contributed by atoms with Gasteiger partial charge in [-0.3, -0.25) is 19.2 Å². The molecule has 0 saturated carbocycles. The summed E-state index contributed by atoms with van der Waals surface area (Å²) in [5.74, 6) is -1.21. The molecule has 8 nitrogen and oxygen atoms in total. The Kier molecular flexibility index (Phi) is 8.73. The molecule has 0 aliphatic carbocycles. The molecule has 0 unspecified atom stereocenters. The lowest BCUT2D eigenvalue weighted by Crippen LogP contribution is -2.45. The van der Waals surface area contributed by atoms with Gasteiger partial charge in [-0.25, -0.2) is 0 Å². The first-order chi connectivity index (χ1) is 18.6. The van der Waals surface area contributed by atoms with E-state index in [0.29, 0.717) is 26.2 Å². The molecule has 0 radical (unpaired) electrons. The van der Waals surface area contributed by atoms with Gasteiger partial charge in [0.2, 0.25) is 23.6 Å². The number of amides is 4. The average Bonchev–Trinajstić information content (AvgIpc) is 3.53. The zero-order valence-electron chi connectivity index (χ0n) is 23.5. The Balaban J connectivity index is 1.23. The van der Waals surface area contributed by atoms with Crippen molar-refractivity contribution in [2.45, 2.75) is 53.4 Å². The van der Waals surface area contributed by atoms with Gasteiger partial charge in [0.15, 0.2) is 0 Å². The largest absolute Gasteiger partial charge is 0.355 e. The molecule has 0 spiro atoms. The van der Waals surface area contributed by atoms with Crippen LogP contribution in [0.5, 0.6) is 0 Å². The second kappa shape index (κ2) is 12.0. The molecule has 2 aliphatic rings. The number of carbonyl (C=O) groups is 4. The van der Waals surface area contributed by atoms with Gasteiger partial charge in [-0.15, -0.1) is 0 Å². The average molecular weight is 533 g/mol. The summed E-state index contributed by atoms with van der Waals surface area (Å²) >= 11 is 0. The summed E-state index contributed by atoms with van der Waals surface area (Å²) in [6, 6.07) is 15.8. The number of aryl methyl sites for hydroxylation is 2. The molecule has 4 amide bonds. The fourth-order valence-electron chi connectivity index (χ4n) is 5.09. The van der Waals surface area contributed by atoms with Crippen LogP contribution in [0, 0.1) is 17.3 Å². The Morgan fingerprint density at radius 3 is 1.41 bits per heavy atom. The van der Waals surface area contributed by atoms with Crippen molar-refractivity contribution in [3.8, 4) is 0 Å². The molecule has 2 aromatic carbocycles. The highest BCUT2D eigenvalue weighted by atomic mass is 16.2. The number of nitrogens with zero attached hydrogens (tertiary/aromatic N) is 2. The first kappa shape index (κ1) is 28.3. The monoisotopic (exact) mass is 532 g/mol. The predicted octanol–water partition coefficient (Wildman–Crippen LogP) is 3.48. The summed E-state index contributed by atoms with van der Waals surface area (Å²) < 4.78 is 0. The van der Waals surface area contributed by atoms with Crippen LogP contribution in [0.25, 0.3) is 0 Å². The van der Waals surface area contributed by atoms with Crippen molar-refractivity contribution >= 4 is 35.0 Å². The van der Waals surface area contributed by atoms with E-state index in [1.165, 1.54) is 11.1 Å². The molecule has 39 heavy (non-hydrogen) atoms. The van der Waals surface area contributed by atoms with Gasteiger partial charge < -0.3 is 20.4 Å². The van der Waals surface area contributed by atoms with Crippen LogP contribution in [0.1, 0.15) is 51.7 Å². The van der Waals surface area contributed by atoms with Gasteiger partial charge in [0.25, 0.3) is 0 Å². The molecule has 208 valence electrons. The molecule has 2 heterocycles. The van der Waals surface area contributed by atoms with E-state index >= 15 is 0 Å². The summed E-state index contributed by atoms with van der Waals surface area (Å²) in [7, 11) is 0.